The molecule has 1 amide bonds. The molecule has 2 aromatic carbocycles. The number of carbonyl (C=O) groups is 1. The summed E-state index contributed by atoms with van der Waals surface area (Å²) in [6.45, 7) is 4.35. The number of hydrogen-bond acceptors (Lipinski definition) is 6. The van der Waals surface area contributed by atoms with Gasteiger partial charge in [-0.05, 0) is 24.6 Å². The van der Waals surface area contributed by atoms with Gasteiger partial charge in [-0.3, -0.25) is 15.0 Å². The SMILES string of the molecule is CC(Oc1ccccc1C#N)C(=O)Nc1nc2c(s1)CN(Cc1ccccc1)CC2. The fourth-order valence-electron chi connectivity index (χ4n) is 3.39. The number of nitrogens with one attached hydrogen (secondary N) is 1. The van der Waals surface area contributed by atoms with Crippen LogP contribution in [0.4, 0.5) is 5.13 Å². The van der Waals surface area contributed by atoms with E-state index < -0.39 is 6.10 Å². The molecule has 6 nitrogen and oxygen atoms in total. The maximum absolute atomic E-state index is 12.6. The van der Waals surface area contributed by atoms with Crippen molar-refractivity contribution in [1.82, 2.24) is 9.88 Å². The zero-order valence-electron chi connectivity index (χ0n) is 16.7. The van der Waals surface area contributed by atoms with Crippen LogP contribution in [0.3, 0.4) is 0 Å². The van der Waals surface area contributed by atoms with Crippen molar-refractivity contribution < 1.29 is 9.53 Å². The van der Waals surface area contributed by atoms with Crippen LogP contribution < -0.4 is 10.1 Å². The molecule has 30 heavy (non-hydrogen) atoms. The van der Waals surface area contributed by atoms with E-state index in [-0.39, 0.29) is 5.91 Å². The van der Waals surface area contributed by atoms with E-state index in [0.717, 1.165) is 31.7 Å². The van der Waals surface area contributed by atoms with Crippen molar-refractivity contribution in [2.24, 2.45) is 0 Å². The van der Waals surface area contributed by atoms with Crippen molar-refractivity contribution in [3.8, 4) is 11.8 Å². The van der Waals surface area contributed by atoms with Gasteiger partial charge in [0.2, 0.25) is 0 Å². The van der Waals surface area contributed by atoms with Crippen LogP contribution in [0.1, 0.15) is 28.6 Å². The third-order valence-corrected chi connectivity index (χ3v) is 5.97. The van der Waals surface area contributed by atoms with Crippen molar-refractivity contribution >= 4 is 22.4 Å². The first-order chi connectivity index (χ1) is 14.6. The summed E-state index contributed by atoms with van der Waals surface area (Å²) in [5.41, 5.74) is 2.76. The van der Waals surface area contributed by atoms with Crippen LogP contribution in [-0.2, 0) is 24.3 Å². The highest BCUT2D eigenvalue weighted by Crippen LogP contribution is 2.29. The second kappa shape index (κ2) is 9.08. The van der Waals surface area contributed by atoms with Gasteiger partial charge in [-0.1, -0.05) is 42.5 Å². The molecule has 4 rings (SSSR count). The van der Waals surface area contributed by atoms with Crippen LogP contribution in [0.15, 0.2) is 54.6 Å². The summed E-state index contributed by atoms with van der Waals surface area (Å²) in [4.78, 5) is 20.8. The summed E-state index contributed by atoms with van der Waals surface area (Å²) in [5.74, 6) is 0.118. The minimum Gasteiger partial charge on any atom is -0.480 e. The lowest BCUT2D eigenvalue weighted by Crippen LogP contribution is -2.30. The highest BCUT2D eigenvalue weighted by molar-refractivity contribution is 7.15. The molecule has 0 fully saturated rings. The van der Waals surface area contributed by atoms with Crippen molar-refractivity contribution in [3.63, 3.8) is 0 Å². The average molecular weight is 419 g/mol. The Morgan fingerprint density at radius 2 is 2.03 bits per heavy atom. The van der Waals surface area contributed by atoms with E-state index in [1.165, 1.54) is 21.8 Å². The molecule has 0 spiro atoms. The van der Waals surface area contributed by atoms with E-state index in [1.807, 2.05) is 6.07 Å². The number of anilines is 1. The Hall–Kier alpha value is -3.21. The van der Waals surface area contributed by atoms with Gasteiger partial charge in [-0.15, -0.1) is 11.3 Å². The molecule has 0 saturated carbocycles. The molecule has 1 aliphatic heterocycles. The van der Waals surface area contributed by atoms with E-state index in [0.29, 0.717) is 16.4 Å². The highest BCUT2D eigenvalue weighted by atomic mass is 32.1. The second-order valence-electron chi connectivity index (χ2n) is 7.19. The van der Waals surface area contributed by atoms with Gasteiger partial charge in [-0.2, -0.15) is 5.26 Å². The number of nitriles is 1. The lowest BCUT2D eigenvalue weighted by atomic mass is 10.1. The van der Waals surface area contributed by atoms with Crippen LogP contribution in [0.2, 0.25) is 0 Å². The van der Waals surface area contributed by atoms with Gasteiger partial charge >= 0.3 is 0 Å². The first-order valence-corrected chi connectivity index (χ1v) is 10.7. The molecule has 7 heteroatoms. The number of nitrogens with zero attached hydrogens (tertiary/aromatic N) is 3. The fraction of sp³-hybridized carbons (Fsp3) is 0.261. The van der Waals surface area contributed by atoms with Crippen molar-refractivity contribution in [3.05, 3.63) is 76.3 Å². The summed E-state index contributed by atoms with van der Waals surface area (Å²) in [6, 6.07) is 19.4. The lowest BCUT2D eigenvalue weighted by Gasteiger charge is -2.25. The number of fused-ring (bicyclic) bond motifs is 1. The van der Waals surface area contributed by atoms with Gasteiger partial charge in [0.15, 0.2) is 11.2 Å². The van der Waals surface area contributed by atoms with Crippen LogP contribution in [-0.4, -0.2) is 28.4 Å². The summed E-state index contributed by atoms with van der Waals surface area (Å²) in [6.07, 6.45) is 0.130. The second-order valence-corrected chi connectivity index (χ2v) is 8.28. The molecule has 0 aliphatic carbocycles. The van der Waals surface area contributed by atoms with E-state index >= 15 is 0 Å². The van der Waals surface area contributed by atoms with Crippen LogP contribution in [0, 0.1) is 11.3 Å². The van der Waals surface area contributed by atoms with E-state index in [1.54, 1.807) is 31.2 Å². The third kappa shape index (κ3) is 4.67. The molecule has 3 aromatic rings. The molecule has 1 aromatic heterocycles. The van der Waals surface area contributed by atoms with Gasteiger partial charge < -0.3 is 4.74 Å². The standard InChI is InChI=1S/C23H22N4O2S/c1-16(29-20-10-6-5-9-18(20)13-24)22(28)26-23-25-19-11-12-27(15-21(19)30-23)14-17-7-3-2-4-8-17/h2-10,16H,11-12,14-15H2,1H3,(H,25,26,28). The molecule has 0 bridgehead atoms. The Bertz CT molecular complexity index is 1070. The Morgan fingerprint density at radius 1 is 1.27 bits per heavy atom. The maximum Gasteiger partial charge on any atom is 0.266 e. The van der Waals surface area contributed by atoms with Crippen molar-refractivity contribution in [1.29, 1.82) is 5.26 Å². The summed E-state index contributed by atoms with van der Waals surface area (Å²) >= 11 is 1.52. The molecule has 2 heterocycles. The molecule has 1 N–H and O–H groups in total. The molecule has 1 unspecified atom stereocenters. The summed E-state index contributed by atoms with van der Waals surface area (Å²) in [5, 5.41) is 12.6. The average Bonchev–Trinajstić information content (AvgIpc) is 3.16. The monoisotopic (exact) mass is 418 g/mol. The first-order valence-electron chi connectivity index (χ1n) is 9.84. The molecule has 1 aliphatic rings. The quantitative estimate of drug-likeness (QED) is 0.655. The van der Waals surface area contributed by atoms with Crippen molar-refractivity contribution in [2.45, 2.75) is 32.5 Å². The number of rotatable bonds is 6. The lowest BCUT2D eigenvalue weighted by molar-refractivity contribution is -0.122. The largest absolute Gasteiger partial charge is 0.480 e. The molecule has 1 atom stereocenters. The molecule has 0 radical (unpaired) electrons. The summed E-state index contributed by atoms with van der Waals surface area (Å²) in [7, 11) is 0. The predicted octanol–water partition coefficient (Wildman–Crippen LogP) is 3.98. The number of para-hydroxylation sites is 1. The smallest absolute Gasteiger partial charge is 0.266 e. The van der Waals surface area contributed by atoms with Crippen molar-refractivity contribution in [2.75, 3.05) is 11.9 Å². The topological polar surface area (TPSA) is 78.2 Å². The Kier molecular flexibility index (Phi) is 6.07. The van der Waals surface area contributed by atoms with E-state index in [2.05, 4.69) is 45.5 Å². The third-order valence-electron chi connectivity index (χ3n) is 4.97. The number of aromatic nitrogens is 1. The van der Waals surface area contributed by atoms with Crippen LogP contribution in [0.5, 0.6) is 5.75 Å². The van der Waals surface area contributed by atoms with Gasteiger partial charge in [0, 0.05) is 30.9 Å². The number of hydrogen-bond donors (Lipinski definition) is 1. The maximum atomic E-state index is 12.6. The highest BCUT2D eigenvalue weighted by Gasteiger charge is 2.23. The van der Waals surface area contributed by atoms with Gasteiger partial charge in [-0.25, -0.2) is 4.98 Å². The Morgan fingerprint density at radius 3 is 2.83 bits per heavy atom. The van der Waals surface area contributed by atoms with E-state index in [9.17, 15) is 10.1 Å². The normalized spacial score (nSPS) is 14.4. The minimum absolute atomic E-state index is 0.282. The number of benzene rings is 2. The molecular weight excluding hydrogens is 396 g/mol. The summed E-state index contributed by atoms with van der Waals surface area (Å²) < 4.78 is 5.69. The number of carbonyl (C=O) groups excluding carboxylic acids is 1. The Balaban J connectivity index is 1.37. The fourth-order valence-corrected chi connectivity index (χ4v) is 4.44. The number of ether oxygens (including phenoxy) is 1. The Labute approximate surface area is 179 Å². The zero-order chi connectivity index (χ0) is 20.9. The zero-order valence-corrected chi connectivity index (χ0v) is 17.5. The van der Waals surface area contributed by atoms with E-state index in [4.69, 9.17) is 4.74 Å². The predicted molar refractivity (Wildman–Crippen MR) is 116 cm³/mol. The number of thiazole rings is 1. The van der Waals surface area contributed by atoms with Gasteiger partial charge in [0.25, 0.3) is 5.91 Å². The van der Waals surface area contributed by atoms with Crippen LogP contribution in [0.25, 0.3) is 0 Å². The van der Waals surface area contributed by atoms with Crippen LogP contribution >= 0.6 is 11.3 Å². The first kappa shape index (κ1) is 20.1. The number of amides is 1. The molecular formula is C23H22N4O2S. The van der Waals surface area contributed by atoms with Gasteiger partial charge in [0.1, 0.15) is 11.8 Å². The minimum atomic E-state index is -0.741. The van der Waals surface area contributed by atoms with Gasteiger partial charge in [0.05, 0.1) is 11.3 Å². The molecule has 0 saturated heterocycles. The molecule has 152 valence electrons.